The lowest BCUT2D eigenvalue weighted by molar-refractivity contribution is -0.138. The summed E-state index contributed by atoms with van der Waals surface area (Å²) in [6, 6.07) is 4.82. The number of carbonyl (C=O) groups is 1. The van der Waals surface area contributed by atoms with Crippen LogP contribution in [-0.2, 0) is 11.3 Å². The second-order valence-electron chi connectivity index (χ2n) is 3.03. The fraction of sp³-hybridized carbons (Fsp3) is 0.333. The quantitative estimate of drug-likeness (QED) is 0.844. The van der Waals surface area contributed by atoms with Crippen molar-refractivity contribution in [3.8, 4) is 6.07 Å². The van der Waals surface area contributed by atoms with Gasteiger partial charge >= 0.3 is 6.18 Å². The van der Waals surface area contributed by atoms with Crippen LogP contribution in [-0.4, -0.2) is 23.2 Å². The minimum Gasteiger partial charge on any atom is -0.345 e. The SMILES string of the molecule is N#Cc1cccn1CC(=O)NCC(F)(F)F. The molecule has 0 bridgehead atoms. The Balaban J connectivity index is 2.50. The number of nitrogens with zero attached hydrogens (tertiary/aromatic N) is 2. The second kappa shape index (κ2) is 4.70. The van der Waals surface area contributed by atoms with Crippen LogP contribution in [0.5, 0.6) is 0 Å². The summed E-state index contributed by atoms with van der Waals surface area (Å²) in [7, 11) is 0. The number of hydrogen-bond donors (Lipinski definition) is 1. The van der Waals surface area contributed by atoms with E-state index in [0.717, 1.165) is 0 Å². The van der Waals surface area contributed by atoms with Gasteiger partial charge in [0.15, 0.2) is 0 Å². The van der Waals surface area contributed by atoms with Gasteiger partial charge in [0.05, 0.1) is 0 Å². The van der Waals surface area contributed by atoms with Gasteiger partial charge < -0.3 is 9.88 Å². The Morgan fingerprint density at radius 3 is 2.81 bits per heavy atom. The highest BCUT2D eigenvalue weighted by molar-refractivity contribution is 5.75. The minimum atomic E-state index is -4.43. The molecule has 0 aliphatic rings. The first-order valence-electron chi connectivity index (χ1n) is 4.31. The van der Waals surface area contributed by atoms with Crippen LogP contribution in [0.4, 0.5) is 13.2 Å². The van der Waals surface area contributed by atoms with Crippen LogP contribution in [0.15, 0.2) is 18.3 Å². The molecule has 0 aromatic carbocycles. The molecule has 1 heterocycles. The van der Waals surface area contributed by atoms with Crippen molar-refractivity contribution in [1.82, 2.24) is 9.88 Å². The third-order valence-corrected chi connectivity index (χ3v) is 1.74. The van der Waals surface area contributed by atoms with Gasteiger partial charge in [0, 0.05) is 6.20 Å². The van der Waals surface area contributed by atoms with Gasteiger partial charge in [-0.25, -0.2) is 0 Å². The lowest BCUT2D eigenvalue weighted by atomic mass is 10.4. The first kappa shape index (κ1) is 12.1. The molecule has 0 fully saturated rings. The van der Waals surface area contributed by atoms with E-state index in [1.807, 2.05) is 6.07 Å². The summed E-state index contributed by atoms with van der Waals surface area (Å²) in [5, 5.41) is 10.3. The van der Waals surface area contributed by atoms with Crippen molar-refractivity contribution in [2.75, 3.05) is 6.54 Å². The molecule has 0 saturated carbocycles. The molecule has 16 heavy (non-hydrogen) atoms. The van der Waals surface area contributed by atoms with Crippen LogP contribution in [0.25, 0.3) is 0 Å². The van der Waals surface area contributed by atoms with Gasteiger partial charge in [0.1, 0.15) is 24.9 Å². The number of amides is 1. The minimum absolute atomic E-state index is 0.224. The van der Waals surface area contributed by atoms with Crippen molar-refractivity contribution in [2.45, 2.75) is 12.7 Å². The molecule has 86 valence electrons. The number of hydrogen-bond acceptors (Lipinski definition) is 2. The number of halogens is 3. The first-order valence-corrected chi connectivity index (χ1v) is 4.31. The van der Waals surface area contributed by atoms with Crippen molar-refractivity contribution in [2.24, 2.45) is 0 Å². The summed E-state index contributed by atoms with van der Waals surface area (Å²) >= 11 is 0. The first-order chi connectivity index (χ1) is 7.42. The Hall–Kier alpha value is -1.97. The van der Waals surface area contributed by atoms with Gasteiger partial charge in [-0.05, 0) is 12.1 Å². The predicted molar refractivity (Wildman–Crippen MR) is 48.2 cm³/mol. The Morgan fingerprint density at radius 2 is 2.25 bits per heavy atom. The molecular formula is C9H8F3N3O. The molecule has 0 aliphatic heterocycles. The van der Waals surface area contributed by atoms with Gasteiger partial charge in [-0.15, -0.1) is 0 Å². The van der Waals surface area contributed by atoms with Crippen molar-refractivity contribution in [1.29, 1.82) is 5.26 Å². The van der Waals surface area contributed by atoms with Crippen molar-refractivity contribution in [3.05, 3.63) is 24.0 Å². The Labute approximate surface area is 89.3 Å². The molecule has 0 unspecified atom stereocenters. The van der Waals surface area contributed by atoms with Crippen molar-refractivity contribution in [3.63, 3.8) is 0 Å². The fourth-order valence-electron chi connectivity index (χ4n) is 1.06. The van der Waals surface area contributed by atoms with E-state index in [-0.39, 0.29) is 12.2 Å². The van der Waals surface area contributed by atoms with Crippen LogP contribution >= 0.6 is 0 Å². The smallest absolute Gasteiger partial charge is 0.345 e. The van der Waals surface area contributed by atoms with Crippen molar-refractivity contribution < 1.29 is 18.0 Å². The summed E-state index contributed by atoms with van der Waals surface area (Å²) in [6.07, 6.45) is -2.98. The number of nitriles is 1. The molecular weight excluding hydrogens is 223 g/mol. The Bertz CT molecular complexity index is 416. The third kappa shape index (κ3) is 3.65. The van der Waals surface area contributed by atoms with Gasteiger partial charge in [-0.1, -0.05) is 0 Å². The van der Waals surface area contributed by atoms with E-state index in [1.54, 1.807) is 5.32 Å². The lowest BCUT2D eigenvalue weighted by Crippen LogP contribution is -2.35. The zero-order chi connectivity index (χ0) is 12.2. The average molecular weight is 231 g/mol. The zero-order valence-electron chi connectivity index (χ0n) is 8.08. The summed E-state index contributed by atoms with van der Waals surface area (Å²) in [5.41, 5.74) is 0.224. The monoisotopic (exact) mass is 231 g/mol. The van der Waals surface area contributed by atoms with E-state index in [9.17, 15) is 18.0 Å². The average Bonchev–Trinajstić information content (AvgIpc) is 2.61. The van der Waals surface area contributed by atoms with Gasteiger partial charge in [0.25, 0.3) is 0 Å². The summed E-state index contributed by atoms with van der Waals surface area (Å²) in [6.45, 7) is -1.67. The van der Waals surface area contributed by atoms with Crippen molar-refractivity contribution >= 4 is 5.91 Å². The molecule has 1 aromatic heterocycles. The molecule has 1 N–H and O–H groups in total. The number of alkyl halides is 3. The summed E-state index contributed by atoms with van der Waals surface area (Å²) in [4.78, 5) is 11.1. The molecule has 4 nitrogen and oxygen atoms in total. The highest BCUT2D eigenvalue weighted by atomic mass is 19.4. The maximum absolute atomic E-state index is 11.8. The van der Waals surface area contributed by atoms with E-state index >= 15 is 0 Å². The number of rotatable bonds is 3. The van der Waals surface area contributed by atoms with E-state index in [2.05, 4.69) is 0 Å². The van der Waals surface area contributed by atoms with Crippen LogP contribution in [0.2, 0.25) is 0 Å². The predicted octanol–water partition coefficient (Wildman–Crippen LogP) is 1.04. The summed E-state index contributed by atoms with van der Waals surface area (Å²) < 4.78 is 36.6. The molecule has 1 aromatic rings. The molecule has 1 amide bonds. The zero-order valence-corrected chi connectivity index (χ0v) is 8.08. The van der Waals surface area contributed by atoms with Crippen LogP contribution in [0.3, 0.4) is 0 Å². The normalized spacial score (nSPS) is 10.9. The standard InChI is InChI=1S/C9H8F3N3O/c10-9(11,12)6-14-8(16)5-15-3-1-2-7(15)4-13/h1-3H,5-6H2,(H,14,16). The highest BCUT2D eigenvalue weighted by Gasteiger charge is 2.27. The maximum atomic E-state index is 11.8. The van der Waals surface area contributed by atoms with Crippen LogP contribution < -0.4 is 5.32 Å². The number of aromatic nitrogens is 1. The Kier molecular flexibility index (Phi) is 3.55. The fourth-order valence-corrected chi connectivity index (χ4v) is 1.06. The number of nitrogens with one attached hydrogen (secondary N) is 1. The van der Waals surface area contributed by atoms with Crippen LogP contribution in [0.1, 0.15) is 5.69 Å². The molecule has 7 heteroatoms. The molecule has 0 aliphatic carbocycles. The van der Waals surface area contributed by atoms with Gasteiger partial charge in [-0.3, -0.25) is 4.79 Å². The number of carbonyl (C=O) groups excluding carboxylic acids is 1. The molecule has 0 atom stereocenters. The van der Waals surface area contributed by atoms with E-state index < -0.39 is 18.6 Å². The summed E-state index contributed by atoms with van der Waals surface area (Å²) in [5.74, 6) is -0.787. The molecule has 0 radical (unpaired) electrons. The van der Waals surface area contributed by atoms with E-state index in [0.29, 0.717) is 0 Å². The largest absolute Gasteiger partial charge is 0.405 e. The van der Waals surface area contributed by atoms with E-state index in [1.165, 1.54) is 22.9 Å². The van der Waals surface area contributed by atoms with Crippen LogP contribution in [0, 0.1) is 11.3 Å². The maximum Gasteiger partial charge on any atom is 0.405 e. The second-order valence-corrected chi connectivity index (χ2v) is 3.03. The molecule has 0 spiro atoms. The van der Waals surface area contributed by atoms with E-state index in [4.69, 9.17) is 5.26 Å². The lowest BCUT2D eigenvalue weighted by Gasteiger charge is -2.09. The third-order valence-electron chi connectivity index (χ3n) is 1.74. The van der Waals surface area contributed by atoms with Gasteiger partial charge in [-0.2, -0.15) is 18.4 Å². The molecule has 0 saturated heterocycles. The van der Waals surface area contributed by atoms with Gasteiger partial charge in [0.2, 0.25) is 5.91 Å². The topological polar surface area (TPSA) is 57.8 Å². The Morgan fingerprint density at radius 1 is 1.56 bits per heavy atom. The highest BCUT2D eigenvalue weighted by Crippen LogP contribution is 2.12. The molecule has 1 rings (SSSR count).